The van der Waals surface area contributed by atoms with Gasteiger partial charge in [-0.3, -0.25) is 19.9 Å². The second kappa shape index (κ2) is 7.76. The van der Waals surface area contributed by atoms with Crippen molar-refractivity contribution >= 4 is 29.4 Å². The number of piperidine rings is 1. The van der Waals surface area contributed by atoms with Crippen LogP contribution >= 0.6 is 11.6 Å². The SMILES string of the molecule is CC(=O)N1CCCC(C2(c3cccc(-c4cccc(Cl)c4)c3)NC(=N)N(C)C2=O)C1. The number of nitrogens with zero attached hydrogens (tertiary/aromatic N) is 2. The van der Waals surface area contributed by atoms with Crippen LogP contribution in [0.25, 0.3) is 11.1 Å². The zero-order valence-corrected chi connectivity index (χ0v) is 17.9. The van der Waals surface area contributed by atoms with Crippen molar-refractivity contribution in [1.82, 2.24) is 15.1 Å². The Balaban J connectivity index is 1.82. The molecule has 156 valence electrons. The van der Waals surface area contributed by atoms with Crippen molar-refractivity contribution < 1.29 is 9.59 Å². The highest BCUT2D eigenvalue weighted by Gasteiger charge is 2.55. The van der Waals surface area contributed by atoms with Crippen LogP contribution in [0.15, 0.2) is 48.5 Å². The van der Waals surface area contributed by atoms with Crippen LogP contribution in [-0.4, -0.2) is 47.7 Å². The zero-order valence-electron chi connectivity index (χ0n) is 17.1. The maximum atomic E-state index is 13.5. The van der Waals surface area contributed by atoms with Crippen molar-refractivity contribution in [2.75, 3.05) is 20.1 Å². The second-order valence-electron chi connectivity index (χ2n) is 8.04. The first-order chi connectivity index (χ1) is 14.3. The molecule has 4 rings (SSSR count). The van der Waals surface area contributed by atoms with Gasteiger partial charge in [0.15, 0.2) is 5.96 Å². The molecule has 2 N–H and O–H groups in total. The van der Waals surface area contributed by atoms with Crippen LogP contribution in [0.4, 0.5) is 0 Å². The van der Waals surface area contributed by atoms with Gasteiger partial charge in [0.1, 0.15) is 5.54 Å². The van der Waals surface area contributed by atoms with Crippen LogP contribution in [0, 0.1) is 11.3 Å². The van der Waals surface area contributed by atoms with E-state index < -0.39 is 5.54 Å². The molecule has 2 amide bonds. The first-order valence-electron chi connectivity index (χ1n) is 10.1. The Morgan fingerprint density at radius 3 is 2.53 bits per heavy atom. The number of guanidine groups is 1. The van der Waals surface area contributed by atoms with Crippen molar-refractivity contribution in [2.24, 2.45) is 5.92 Å². The van der Waals surface area contributed by atoms with E-state index in [1.165, 1.54) is 4.90 Å². The molecule has 2 heterocycles. The zero-order chi connectivity index (χ0) is 21.5. The third-order valence-corrected chi connectivity index (χ3v) is 6.48. The minimum atomic E-state index is -1.07. The van der Waals surface area contributed by atoms with Crippen molar-refractivity contribution in [3.8, 4) is 11.1 Å². The Kier molecular flexibility index (Phi) is 5.28. The van der Waals surface area contributed by atoms with E-state index in [0.29, 0.717) is 18.1 Å². The van der Waals surface area contributed by atoms with E-state index in [4.69, 9.17) is 17.0 Å². The van der Waals surface area contributed by atoms with E-state index in [9.17, 15) is 9.59 Å². The molecule has 0 aliphatic carbocycles. The molecule has 0 saturated carbocycles. The highest BCUT2D eigenvalue weighted by molar-refractivity contribution is 6.30. The number of likely N-dealkylation sites (tertiary alicyclic amines) is 1. The number of halogens is 1. The topological polar surface area (TPSA) is 76.5 Å². The molecule has 7 heteroatoms. The lowest BCUT2D eigenvalue weighted by Gasteiger charge is -2.42. The largest absolute Gasteiger partial charge is 0.343 e. The minimum absolute atomic E-state index is 0.0106. The van der Waals surface area contributed by atoms with E-state index in [0.717, 1.165) is 29.5 Å². The average Bonchev–Trinajstić information content (AvgIpc) is 2.99. The average molecular weight is 425 g/mol. The van der Waals surface area contributed by atoms with Crippen molar-refractivity contribution in [1.29, 1.82) is 5.41 Å². The number of rotatable bonds is 3. The van der Waals surface area contributed by atoms with Gasteiger partial charge >= 0.3 is 0 Å². The van der Waals surface area contributed by atoms with Crippen LogP contribution in [0.1, 0.15) is 25.3 Å². The molecular formula is C23H25ClN4O2. The summed E-state index contributed by atoms with van der Waals surface area (Å²) in [7, 11) is 1.62. The number of hydrogen-bond acceptors (Lipinski definition) is 3. The summed E-state index contributed by atoms with van der Waals surface area (Å²) in [5, 5.41) is 12.1. The first-order valence-corrected chi connectivity index (χ1v) is 10.5. The van der Waals surface area contributed by atoms with Gasteiger partial charge in [-0.15, -0.1) is 0 Å². The van der Waals surface area contributed by atoms with Crippen LogP contribution in [0.3, 0.4) is 0 Å². The predicted octanol–water partition coefficient (Wildman–Crippen LogP) is 3.46. The summed E-state index contributed by atoms with van der Waals surface area (Å²) in [5.41, 5.74) is 1.63. The molecule has 30 heavy (non-hydrogen) atoms. The predicted molar refractivity (Wildman–Crippen MR) is 117 cm³/mol. The molecule has 2 fully saturated rings. The van der Waals surface area contributed by atoms with E-state index in [-0.39, 0.29) is 23.7 Å². The third-order valence-electron chi connectivity index (χ3n) is 6.25. The molecule has 2 aliphatic heterocycles. The number of hydrogen-bond donors (Lipinski definition) is 2. The standard InChI is InChI=1S/C23H25ClN4O2/c1-15(29)28-11-5-9-19(14-28)23(21(30)27(2)22(25)26-23)18-8-3-6-16(12-18)17-7-4-10-20(24)13-17/h3-4,6-8,10,12-13,19H,5,9,11,14H2,1-2H3,(H2,25,26). The third kappa shape index (κ3) is 3.35. The Bertz CT molecular complexity index is 1020. The number of carbonyl (C=O) groups is 2. The fourth-order valence-corrected chi connectivity index (χ4v) is 4.82. The van der Waals surface area contributed by atoms with E-state index in [2.05, 4.69) is 5.32 Å². The molecule has 0 spiro atoms. The van der Waals surface area contributed by atoms with Crippen molar-refractivity contribution in [3.63, 3.8) is 0 Å². The Morgan fingerprint density at radius 1 is 1.20 bits per heavy atom. The summed E-state index contributed by atoms with van der Waals surface area (Å²) in [6.07, 6.45) is 1.62. The highest BCUT2D eigenvalue weighted by Crippen LogP contribution is 2.41. The molecular weight excluding hydrogens is 400 g/mol. The Hall–Kier alpha value is -2.86. The number of amides is 2. The van der Waals surface area contributed by atoms with Crippen LogP contribution in [0.2, 0.25) is 5.02 Å². The number of nitrogens with one attached hydrogen (secondary N) is 2. The van der Waals surface area contributed by atoms with Gasteiger partial charge in [0.2, 0.25) is 5.91 Å². The smallest absolute Gasteiger partial charge is 0.259 e. The van der Waals surface area contributed by atoms with Crippen molar-refractivity contribution in [2.45, 2.75) is 25.3 Å². The quantitative estimate of drug-likeness (QED) is 0.792. The number of benzene rings is 2. The second-order valence-corrected chi connectivity index (χ2v) is 8.48. The number of carbonyl (C=O) groups excluding carboxylic acids is 2. The summed E-state index contributed by atoms with van der Waals surface area (Å²) in [5.74, 6) is -0.210. The van der Waals surface area contributed by atoms with Gasteiger partial charge in [-0.1, -0.05) is 41.9 Å². The summed E-state index contributed by atoms with van der Waals surface area (Å²) >= 11 is 6.18. The Morgan fingerprint density at radius 2 is 1.90 bits per heavy atom. The highest BCUT2D eigenvalue weighted by atomic mass is 35.5. The van der Waals surface area contributed by atoms with Gasteiger partial charge in [-0.2, -0.15) is 0 Å². The van der Waals surface area contributed by atoms with Gasteiger partial charge in [0.25, 0.3) is 5.91 Å². The Labute approximate surface area is 181 Å². The molecule has 2 aromatic carbocycles. The maximum Gasteiger partial charge on any atom is 0.259 e. The lowest BCUT2D eigenvalue weighted by Crippen LogP contribution is -2.56. The van der Waals surface area contributed by atoms with Gasteiger partial charge in [0, 0.05) is 38.0 Å². The molecule has 2 atom stereocenters. The molecule has 2 saturated heterocycles. The summed E-state index contributed by atoms with van der Waals surface area (Å²) in [6, 6.07) is 15.4. The molecule has 0 radical (unpaired) electrons. The van der Waals surface area contributed by atoms with Crippen LogP contribution < -0.4 is 5.32 Å². The summed E-state index contributed by atoms with van der Waals surface area (Å²) in [6.45, 7) is 2.75. The van der Waals surface area contributed by atoms with Gasteiger partial charge in [0.05, 0.1) is 0 Å². The number of likely N-dealkylation sites (N-methyl/N-ethyl adjacent to an activating group) is 1. The van der Waals surface area contributed by atoms with Crippen molar-refractivity contribution in [3.05, 3.63) is 59.1 Å². The fraction of sp³-hybridized carbons (Fsp3) is 0.348. The lowest BCUT2D eigenvalue weighted by molar-refractivity contribution is -0.137. The molecule has 0 aromatic heterocycles. The van der Waals surface area contributed by atoms with E-state index in [1.807, 2.05) is 48.5 Å². The first kappa shape index (κ1) is 20.4. The van der Waals surface area contributed by atoms with Gasteiger partial charge in [-0.05, 0) is 47.7 Å². The molecule has 2 aromatic rings. The summed E-state index contributed by atoms with van der Waals surface area (Å²) in [4.78, 5) is 28.7. The van der Waals surface area contributed by atoms with Gasteiger partial charge in [-0.25, -0.2) is 0 Å². The van der Waals surface area contributed by atoms with Crippen LogP contribution in [-0.2, 0) is 15.1 Å². The monoisotopic (exact) mass is 424 g/mol. The van der Waals surface area contributed by atoms with E-state index >= 15 is 0 Å². The maximum absolute atomic E-state index is 13.5. The molecule has 6 nitrogen and oxygen atoms in total. The molecule has 0 bridgehead atoms. The van der Waals surface area contributed by atoms with E-state index in [1.54, 1.807) is 18.9 Å². The lowest BCUT2D eigenvalue weighted by atomic mass is 9.73. The fourth-order valence-electron chi connectivity index (χ4n) is 4.63. The minimum Gasteiger partial charge on any atom is -0.343 e. The van der Waals surface area contributed by atoms with Gasteiger partial charge < -0.3 is 10.2 Å². The molecule has 2 aliphatic rings. The summed E-state index contributed by atoms with van der Waals surface area (Å²) < 4.78 is 0. The molecule has 2 unspecified atom stereocenters. The van der Waals surface area contributed by atoms with Crippen LogP contribution in [0.5, 0.6) is 0 Å². The normalized spacial score (nSPS) is 24.2.